The topological polar surface area (TPSA) is 94.3 Å². The van der Waals surface area contributed by atoms with Gasteiger partial charge in [0.05, 0.1) is 17.8 Å². The molecule has 1 aromatic heterocycles. The Bertz CT molecular complexity index is 1350. The van der Waals surface area contributed by atoms with Crippen LogP contribution in [0.25, 0.3) is 22.6 Å². The van der Waals surface area contributed by atoms with Gasteiger partial charge in [0, 0.05) is 16.0 Å². The lowest BCUT2D eigenvalue weighted by molar-refractivity contribution is -0.121. The van der Waals surface area contributed by atoms with Gasteiger partial charge in [0.15, 0.2) is 0 Å². The number of ether oxygens (including phenoxy) is 1. The van der Waals surface area contributed by atoms with Gasteiger partial charge in [-0.25, -0.2) is 4.98 Å². The lowest BCUT2D eigenvalue weighted by atomic mass is 10.0. The van der Waals surface area contributed by atoms with Gasteiger partial charge in [-0.3, -0.25) is 9.59 Å². The van der Waals surface area contributed by atoms with Crippen LogP contribution in [0.4, 0.5) is 0 Å². The van der Waals surface area contributed by atoms with Gasteiger partial charge in [0.1, 0.15) is 12.4 Å². The molecule has 7 heteroatoms. The first kappa shape index (κ1) is 23.0. The zero-order chi connectivity index (χ0) is 23.9. The fraction of sp³-hybridized carbons (Fsp3) is 0.0741. The molecule has 0 atom stereocenters. The molecule has 0 unspecified atom stereocenters. The van der Waals surface area contributed by atoms with Gasteiger partial charge in [-0.2, -0.15) is 0 Å². The van der Waals surface area contributed by atoms with Crippen molar-refractivity contribution in [1.29, 1.82) is 0 Å². The van der Waals surface area contributed by atoms with E-state index in [9.17, 15) is 9.59 Å². The van der Waals surface area contributed by atoms with Crippen molar-refractivity contribution in [2.45, 2.75) is 6.61 Å². The number of para-hydroxylation sites is 1. The highest BCUT2D eigenvalue weighted by molar-refractivity contribution is 6.30. The maximum atomic E-state index is 12.8. The average molecular weight is 472 g/mol. The number of nitrogens with two attached hydrogens (primary N) is 1. The number of carbonyl (C=O) groups is 2. The summed E-state index contributed by atoms with van der Waals surface area (Å²) in [6.07, 6.45) is 1.72. The molecule has 0 radical (unpaired) electrons. The van der Waals surface area contributed by atoms with Crippen LogP contribution in [0.15, 0.2) is 84.9 Å². The molecule has 4 rings (SSSR count). The van der Waals surface area contributed by atoms with Crippen LogP contribution in [0, 0.1) is 0 Å². The van der Waals surface area contributed by atoms with Crippen molar-refractivity contribution >= 4 is 46.0 Å². The van der Waals surface area contributed by atoms with Crippen molar-refractivity contribution in [1.82, 2.24) is 10.3 Å². The summed E-state index contributed by atoms with van der Waals surface area (Å²) < 4.78 is 5.89. The second-order valence-electron chi connectivity index (χ2n) is 7.57. The number of nitrogens with one attached hydrogen (secondary N) is 1. The first-order valence-corrected chi connectivity index (χ1v) is 11.0. The number of hydrogen-bond donors (Lipinski definition) is 2. The number of primary amides is 1. The van der Waals surface area contributed by atoms with Crippen molar-refractivity contribution in [2.75, 3.05) is 6.54 Å². The second-order valence-corrected chi connectivity index (χ2v) is 8.00. The molecular formula is C27H22ClN3O3. The molecule has 0 aliphatic heterocycles. The van der Waals surface area contributed by atoms with Crippen LogP contribution in [0.3, 0.4) is 0 Å². The minimum atomic E-state index is -0.620. The number of pyridine rings is 1. The molecule has 0 saturated carbocycles. The van der Waals surface area contributed by atoms with Crippen molar-refractivity contribution < 1.29 is 14.3 Å². The molecule has 0 fully saturated rings. The standard InChI is InChI=1S/C27H22ClN3O3/c28-21-10-5-18(6-11-21)15-24(27(33)30-16-26(29)32)19-8-13-23(14-9-19)34-17-22-12-7-20-3-1-2-4-25(20)31-22/h1-15H,16-17H2,(H2,29,32)(H,30,33)/b24-15+. The van der Waals surface area contributed by atoms with E-state index in [1.54, 1.807) is 54.6 Å². The first-order valence-electron chi connectivity index (χ1n) is 10.6. The molecule has 0 aliphatic carbocycles. The summed E-state index contributed by atoms with van der Waals surface area (Å²) in [4.78, 5) is 28.5. The Hall–Kier alpha value is -4.16. The summed E-state index contributed by atoms with van der Waals surface area (Å²) in [5.74, 6) is -0.393. The molecule has 0 spiro atoms. The minimum Gasteiger partial charge on any atom is -0.487 e. The molecular weight excluding hydrogens is 450 g/mol. The van der Waals surface area contributed by atoms with E-state index in [1.807, 2.05) is 36.4 Å². The summed E-state index contributed by atoms with van der Waals surface area (Å²) in [5, 5.41) is 4.21. The summed E-state index contributed by atoms with van der Waals surface area (Å²) in [6, 6.07) is 26.1. The van der Waals surface area contributed by atoms with E-state index >= 15 is 0 Å². The van der Waals surface area contributed by atoms with Gasteiger partial charge in [-0.15, -0.1) is 0 Å². The van der Waals surface area contributed by atoms with Gasteiger partial charge in [0.25, 0.3) is 5.91 Å². The monoisotopic (exact) mass is 471 g/mol. The van der Waals surface area contributed by atoms with E-state index in [2.05, 4.69) is 10.3 Å². The van der Waals surface area contributed by atoms with Crippen molar-refractivity contribution in [3.8, 4) is 5.75 Å². The molecule has 4 aromatic rings. The molecule has 0 bridgehead atoms. The van der Waals surface area contributed by atoms with Gasteiger partial charge in [-0.05, 0) is 53.6 Å². The highest BCUT2D eigenvalue weighted by atomic mass is 35.5. The van der Waals surface area contributed by atoms with Crippen molar-refractivity contribution in [3.05, 3.63) is 107 Å². The molecule has 0 saturated heterocycles. The van der Waals surface area contributed by atoms with Gasteiger partial charge < -0.3 is 15.8 Å². The predicted molar refractivity (Wildman–Crippen MR) is 134 cm³/mol. The summed E-state index contributed by atoms with van der Waals surface area (Å²) in [6.45, 7) is 0.0630. The van der Waals surface area contributed by atoms with Crippen LogP contribution in [0.5, 0.6) is 5.75 Å². The fourth-order valence-corrected chi connectivity index (χ4v) is 3.47. The lowest BCUT2D eigenvalue weighted by Gasteiger charge is -2.11. The smallest absolute Gasteiger partial charge is 0.252 e. The number of hydrogen-bond acceptors (Lipinski definition) is 4. The number of amides is 2. The number of fused-ring (bicyclic) bond motifs is 1. The van der Waals surface area contributed by atoms with Crippen LogP contribution < -0.4 is 15.8 Å². The highest BCUT2D eigenvalue weighted by Crippen LogP contribution is 2.23. The highest BCUT2D eigenvalue weighted by Gasteiger charge is 2.13. The largest absolute Gasteiger partial charge is 0.487 e. The Morgan fingerprint density at radius 1 is 0.941 bits per heavy atom. The van der Waals surface area contributed by atoms with Crippen LogP contribution >= 0.6 is 11.6 Å². The molecule has 2 amide bonds. The maximum Gasteiger partial charge on any atom is 0.252 e. The number of aromatic nitrogens is 1. The van der Waals surface area contributed by atoms with Crippen LogP contribution in [-0.4, -0.2) is 23.3 Å². The van der Waals surface area contributed by atoms with Gasteiger partial charge in [0.2, 0.25) is 5.91 Å². The molecule has 34 heavy (non-hydrogen) atoms. The number of nitrogens with zero attached hydrogens (tertiary/aromatic N) is 1. The third-order valence-electron chi connectivity index (χ3n) is 5.06. The quantitative estimate of drug-likeness (QED) is 0.290. The zero-order valence-electron chi connectivity index (χ0n) is 18.2. The predicted octanol–water partition coefficient (Wildman–Crippen LogP) is 4.61. The van der Waals surface area contributed by atoms with Crippen LogP contribution in [0.2, 0.25) is 5.02 Å². The SMILES string of the molecule is NC(=O)CNC(=O)/C(=C/c1ccc(Cl)cc1)c1ccc(OCc2ccc3ccccc3n2)cc1. The Morgan fingerprint density at radius 3 is 2.41 bits per heavy atom. The van der Waals surface area contributed by atoms with E-state index in [4.69, 9.17) is 22.1 Å². The molecule has 6 nitrogen and oxygen atoms in total. The normalized spacial score (nSPS) is 11.3. The second kappa shape index (κ2) is 10.6. The Kier molecular flexibility index (Phi) is 7.20. The van der Waals surface area contributed by atoms with E-state index in [-0.39, 0.29) is 6.54 Å². The molecule has 1 heterocycles. The summed E-state index contributed by atoms with van der Waals surface area (Å²) >= 11 is 5.96. The first-order chi connectivity index (χ1) is 16.5. The summed E-state index contributed by atoms with van der Waals surface area (Å²) in [7, 11) is 0. The Morgan fingerprint density at radius 2 is 1.68 bits per heavy atom. The maximum absolute atomic E-state index is 12.8. The summed E-state index contributed by atoms with van der Waals surface area (Å²) in [5.41, 5.74) is 8.73. The Labute approximate surface area is 202 Å². The zero-order valence-corrected chi connectivity index (χ0v) is 19.0. The third kappa shape index (κ3) is 5.99. The molecule has 3 N–H and O–H groups in total. The molecule has 170 valence electrons. The number of benzene rings is 3. The van der Waals surface area contributed by atoms with Crippen LogP contribution in [0.1, 0.15) is 16.8 Å². The third-order valence-corrected chi connectivity index (χ3v) is 5.31. The minimum absolute atomic E-state index is 0.253. The number of halogens is 1. The average Bonchev–Trinajstić information content (AvgIpc) is 2.86. The molecule has 0 aliphatic rings. The van der Waals surface area contributed by atoms with Crippen molar-refractivity contribution in [2.24, 2.45) is 5.73 Å². The van der Waals surface area contributed by atoms with Gasteiger partial charge >= 0.3 is 0 Å². The fourth-order valence-electron chi connectivity index (χ4n) is 3.34. The lowest BCUT2D eigenvalue weighted by Crippen LogP contribution is -2.33. The van der Waals surface area contributed by atoms with E-state index in [0.29, 0.717) is 28.5 Å². The van der Waals surface area contributed by atoms with E-state index in [1.165, 1.54) is 0 Å². The number of rotatable bonds is 8. The van der Waals surface area contributed by atoms with E-state index < -0.39 is 11.8 Å². The number of carbonyl (C=O) groups excluding carboxylic acids is 2. The van der Waals surface area contributed by atoms with Crippen molar-refractivity contribution in [3.63, 3.8) is 0 Å². The van der Waals surface area contributed by atoms with Crippen LogP contribution in [-0.2, 0) is 16.2 Å². The van der Waals surface area contributed by atoms with Gasteiger partial charge in [-0.1, -0.05) is 60.1 Å². The molecule has 3 aromatic carbocycles. The Balaban J connectivity index is 1.51. The van der Waals surface area contributed by atoms with E-state index in [0.717, 1.165) is 22.2 Å².